The van der Waals surface area contributed by atoms with Crippen LogP contribution in [0.2, 0.25) is 0 Å². The van der Waals surface area contributed by atoms with Gasteiger partial charge in [0.15, 0.2) is 16.6 Å². The number of benzene rings is 2. The Balaban J connectivity index is 1.06. The first-order valence-corrected chi connectivity index (χ1v) is 15.4. The highest BCUT2D eigenvalue weighted by Gasteiger charge is 2.24. The van der Waals surface area contributed by atoms with E-state index in [9.17, 15) is 0 Å². The van der Waals surface area contributed by atoms with Crippen molar-refractivity contribution in [2.45, 2.75) is 30.5 Å². The SMILES string of the molecule is CSc1ncc2cc(-c3ccccc3)c(-c3ccc(CN4CCC(c5nnc(-c6ccccn6)[nH]5)CC4)cc3)nc2n1. The van der Waals surface area contributed by atoms with Gasteiger partial charge in [-0.3, -0.25) is 9.88 Å². The van der Waals surface area contributed by atoms with Crippen LogP contribution in [0.15, 0.2) is 96.4 Å². The second-order valence-electron chi connectivity index (χ2n) is 10.5. The van der Waals surface area contributed by atoms with E-state index in [0.717, 1.165) is 88.4 Å². The Bertz CT molecular complexity index is 1800. The van der Waals surface area contributed by atoms with E-state index in [1.54, 1.807) is 6.20 Å². The van der Waals surface area contributed by atoms with Crippen molar-refractivity contribution in [3.63, 3.8) is 0 Å². The minimum Gasteiger partial charge on any atom is -0.323 e. The predicted octanol–water partition coefficient (Wildman–Crippen LogP) is 6.64. The second kappa shape index (κ2) is 11.8. The lowest BCUT2D eigenvalue weighted by Crippen LogP contribution is -2.32. The Labute approximate surface area is 248 Å². The zero-order valence-electron chi connectivity index (χ0n) is 23.3. The van der Waals surface area contributed by atoms with Gasteiger partial charge in [-0.25, -0.2) is 15.0 Å². The number of fused-ring (bicyclic) bond motifs is 1. The van der Waals surface area contributed by atoms with Gasteiger partial charge in [-0.2, -0.15) is 0 Å². The minimum absolute atomic E-state index is 0.388. The third kappa shape index (κ3) is 5.53. The summed E-state index contributed by atoms with van der Waals surface area (Å²) in [5.74, 6) is 2.09. The number of rotatable bonds is 7. The number of hydrogen-bond donors (Lipinski definition) is 1. The molecule has 1 N–H and O–H groups in total. The number of pyridine rings is 2. The summed E-state index contributed by atoms with van der Waals surface area (Å²) in [5, 5.41) is 10.4. The number of aromatic amines is 1. The van der Waals surface area contributed by atoms with Gasteiger partial charge in [0.1, 0.15) is 11.5 Å². The van der Waals surface area contributed by atoms with Crippen molar-refractivity contribution >= 4 is 22.8 Å². The fourth-order valence-electron chi connectivity index (χ4n) is 5.57. The number of nitrogens with zero attached hydrogens (tertiary/aromatic N) is 7. The molecule has 6 aromatic rings. The molecular formula is C33H30N8S. The molecule has 2 aromatic carbocycles. The van der Waals surface area contributed by atoms with Crippen molar-refractivity contribution in [2.24, 2.45) is 0 Å². The number of nitrogens with one attached hydrogen (secondary N) is 1. The van der Waals surface area contributed by atoms with Crippen LogP contribution in [-0.2, 0) is 6.54 Å². The lowest BCUT2D eigenvalue weighted by Gasteiger charge is -2.30. The zero-order valence-corrected chi connectivity index (χ0v) is 24.1. The number of likely N-dealkylation sites (tertiary alicyclic amines) is 1. The lowest BCUT2D eigenvalue weighted by atomic mass is 9.95. The topological polar surface area (TPSA) is 96.4 Å². The van der Waals surface area contributed by atoms with Crippen LogP contribution in [0.5, 0.6) is 0 Å². The van der Waals surface area contributed by atoms with Crippen LogP contribution < -0.4 is 0 Å². The van der Waals surface area contributed by atoms with Crippen LogP contribution in [0.25, 0.3) is 44.9 Å². The van der Waals surface area contributed by atoms with Gasteiger partial charge in [-0.05, 0) is 61.5 Å². The van der Waals surface area contributed by atoms with E-state index in [-0.39, 0.29) is 0 Å². The Morgan fingerprint density at radius 3 is 2.43 bits per heavy atom. The zero-order chi connectivity index (χ0) is 28.3. The maximum absolute atomic E-state index is 5.04. The number of hydrogen-bond acceptors (Lipinski definition) is 8. The van der Waals surface area contributed by atoms with Crippen LogP contribution in [0.1, 0.15) is 30.1 Å². The molecule has 1 aliphatic rings. The van der Waals surface area contributed by atoms with Gasteiger partial charge in [-0.15, -0.1) is 10.2 Å². The van der Waals surface area contributed by atoms with Gasteiger partial charge >= 0.3 is 0 Å². The molecule has 0 radical (unpaired) electrons. The summed E-state index contributed by atoms with van der Waals surface area (Å²) in [7, 11) is 0. The minimum atomic E-state index is 0.388. The third-order valence-electron chi connectivity index (χ3n) is 7.83. The normalized spacial score (nSPS) is 14.4. The van der Waals surface area contributed by atoms with Crippen LogP contribution in [0, 0.1) is 0 Å². The van der Waals surface area contributed by atoms with E-state index >= 15 is 0 Å². The molecule has 1 fully saturated rings. The van der Waals surface area contributed by atoms with Gasteiger partial charge in [0, 0.05) is 41.4 Å². The fraction of sp³-hybridized carbons (Fsp3) is 0.212. The van der Waals surface area contributed by atoms with Gasteiger partial charge in [-0.1, -0.05) is 72.4 Å². The van der Waals surface area contributed by atoms with E-state index in [1.807, 2.05) is 36.7 Å². The van der Waals surface area contributed by atoms with Crippen molar-refractivity contribution < 1.29 is 0 Å². The number of piperidine rings is 1. The Morgan fingerprint density at radius 2 is 1.67 bits per heavy atom. The maximum Gasteiger partial charge on any atom is 0.189 e. The molecular weight excluding hydrogens is 540 g/mol. The molecule has 0 aliphatic carbocycles. The van der Waals surface area contributed by atoms with E-state index in [0.29, 0.717) is 5.92 Å². The molecule has 8 nitrogen and oxygen atoms in total. The van der Waals surface area contributed by atoms with E-state index in [1.165, 1.54) is 17.3 Å². The molecule has 7 rings (SSSR count). The molecule has 4 aromatic heterocycles. The highest BCUT2D eigenvalue weighted by atomic mass is 32.2. The average Bonchev–Trinajstić information content (AvgIpc) is 3.56. The van der Waals surface area contributed by atoms with E-state index < -0.39 is 0 Å². The Kier molecular flexibility index (Phi) is 7.42. The Morgan fingerprint density at radius 1 is 0.857 bits per heavy atom. The molecule has 5 heterocycles. The molecule has 0 unspecified atom stereocenters. The van der Waals surface area contributed by atoms with Crippen LogP contribution in [0.4, 0.5) is 0 Å². The Hall–Kier alpha value is -4.47. The van der Waals surface area contributed by atoms with Crippen LogP contribution >= 0.6 is 11.8 Å². The lowest BCUT2D eigenvalue weighted by molar-refractivity contribution is 0.202. The van der Waals surface area contributed by atoms with Crippen molar-refractivity contribution in [1.29, 1.82) is 0 Å². The molecule has 0 atom stereocenters. The molecule has 208 valence electrons. The monoisotopic (exact) mass is 570 g/mol. The van der Waals surface area contributed by atoms with Crippen molar-refractivity contribution in [1.82, 2.24) is 40.0 Å². The van der Waals surface area contributed by atoms with Crippen LogP contribution in [-0.4, -0.2) is 59.4 Å². The fourth-order valence-corrected chi connectivity index (χ4v) is 5.91. The average molecular weight is 571 g/mol. The summed E-state index contributed by atoms with van der Waals surface area (Å²) >= 11 is 1.53. The first kappa shape index (κ1) is 26.4. The molecule has 0 amide bonds. The van der Waals surface area contributed by atoms with Gasteiger partial charge in [0.25, 0.3) is 0 Å². The van der Waals surface area contributed by atoms with Crippen molar-refractivity contribution in [3.05, 3.63) is 103 Å². The summed E-state index contributed by atoms with van der Waals surface area (Å²) in [5.41, 5.74) is 7.06. The molecule has 1 saturated heterocycles. The largest absolute Gasteiger partial charge is 0.323 e. The summed E-state index contributed by atoms with van der Waals surface area (Å²) in [6.07, 6.45) is 7.73. The van der Waals surface area contributed by atoms with Crippen LogP contribution in [0.3, 0.4) is 0 Å². The number of aromatic nitrogens is 7. The molecule has 0 saturated carbocycles. The van der Waals surface area contributed by atoms with Gasteiger partial charge in [0.05, 0.1) is 5.69 Å². The number of thioether (sulfide) groups is 1. The molecule has 1 aliphatic heterocycles. The van der Waals surface area contributed by atoms with Gasteiger partial charge < -0.3 is 4.98 Å². The molecule has 0 spiro atoms. The molecule has 9 heteroatoms. The summed E-state index contributed by atoms with van der Waals surface area (Å²) in [6.45, 7) is 2.96. The highest BCUT2D eigenvalue weighted by Crippen LogP contribution is 2.34. The second-order valence-corrected chi connectivity index (χ2v) is 11.3. The molecule has 0 bridgehead atoms. The first-order valence-electron chi connectivity index (χ1n) is 14.2. The predicted molar refractivity (Wildman–Crippen MR) is 167 cm³/mol. The molecule has 42 heavy (non-hydrogen) atoms. The quantitative estimate of drug-likeness (QED) is 0.169. The summed E-state index contributed by atoms with van der Waals surface area (Å²) in [6, 6.07) is 27.2. The third-order valence-corrected chi connectivity index (χ3v) is 8.40. The first-order chi connectivity index (χ1) is 20.7. The summed E-state index contributed by atoms with van der Waals surface area (Å²) < 4.78 is 0. The summed E-state index contributed by atoms with van der Waals surface area (Å²) in [4.78, 5) is 24.5. The number of H-pyrrole nitrogens is 1. The van der Waals surface area contributed by atoms with Crippen molar-refractivity contribution in [2.75, 3.05) is 19.3 Å². The standard InChI is InChI=1S/C33H30N8S/c1-42-33-35-20-26-19-27(23-7-3-2-4-8-23)29(36-30(26)38-33)24-12-10-22(11-13-24)21-41-17-14-25(15-18-41)31-37-32(40-39-31)28-9-5-6-16-34-28/h2-13,16,19-20,25H,14-15,17-18,21H2,1H3,(H,37,39,40). The maximum atomic E-state index is 5.04. The van der Waals surface area contributed by atoms with Gasteiger partial charge in [0.2, 0.25) is 0 Å². The van der Waals surface area contributed by atoms with E-state index in [4.69, 9.17) is 4.98 Å². The smallest absolute Gasteiger partial charge is 0.189 e. The highest BCUT2D eigenvalue weighted by molar-refractivity contribution is 7.98. The van der Waals surface area contributed by atoms with Crippen molar-refractivity contribution in [3.8, 4) is 33.9 Å². The van der Waals surface area contributed by atoms with E-state index in [2.05, 4.69) is 89.6 Å².